The van der Waals surface area contributed by atoms with E-state index >= 15 is 0 Å². The normalized spacial score (nSPS) is 13.0. The lowest BCUT2D eigenvalue weighted by Crippen LogP contribution is -2.10. The summed E-state index contributed by atoms with van der Waals surface area (Å²) in [6.07, 6.45) is 0. The van der Waals surface area contributed by atoms with Gasteiger partial charge in [-0.2, -0.15) is 0 Å². The van der Waals surface area contributed by atoms with Gasteiger partial charge in [-0.25, -0.2) is 0 Å². The molecule has 2 rings (SSSR count). The Labute approximate surface area is 144 Å². The second-order valence-electron chi connectivity index (χ2n) is 6.12. The Morgan fingerprint density at radius 2 is 1.62 bits per heavy atom. The van der Waals surface area contributed by atoms with Gasteiger partial charge in [0.05, 0.1) is 11.9 Å². The minimum absolute atomic E-state index is 0.120. The van der Waals surface area contributed by atoms with E-state index in [9.17, 15) is 0 Å². The molecular weight excluding hydrogens is 392 g/mol. The van der Waals surface area contributed by atoms with Crippen LogP contribution in [0.2, 0.25) is 0 Å². The third-order valence-electron chi connectivity index (χ3n) is 3.54. The molecule has 1 atom stereocenters. The molecule has 0 aromatic heterocycles. The van der Waals surface area contributed by atoms with Gasteiger partial charge >= 0.3 is 0 Å². The van der Waals surface area contributed by atoms with E-state index in [0.29, 0.717) is 0 Å². The maximum Gasteiger partial charge on any atom is 0.124 e. The Morgan fingerprint density at radius 1 is 1.00 bits per heavy atom. The minimum Gasteiger partial charge on any atom is -0.496 e. The number of methoxy groups -OCH3 is 1. The minimum atomic E-state index is 0.120. The third-order valence-corrected chi connectivity index (χ3v) is 5.05. The average Bonchev–Trinajstić information content (AvgIpc) is 2.45. The molecule has 0 saturated heterocycles. The first-order chi connectivity index (χ1) is 9.82. The van der Waals surface area contributed by atoms with Crippen LogP contribution in [0.5, 0.6) is 5.75 Å². The molecule has 0 fully saturated rings. The highest BCUT2D eigenvalue weighted by Gasteiger charge is 2.17. The number of ether oxygens (including phenoxy) is 1. The van der Waals surface area contributed by atoms with Crippen molar-refractivity contribution in [1.82, 2.24) is 0 Å². The monoisotopic (exact) mass is 410 g/mol. The van der Waals surface area contributed by atoms with E-state index in [1.165, 1.54) is 11.1 Å². The average molecular weight is 412 g/mol. The molecule has 1 nitrogen and oxygen atoms in total. The molecule has 0 heterocycles. The highest BCUT2D eigenvalue weighted by molar-refractivity contribution is 9.10. The largest absolute Gasteiger partial charge is 0.496 e. The molecule has 0 bridgehead atoms. The van der Waals surface area contributed by atoms with Crippen LogP contribution in [0.1, 0.15) is 42.3 Å². The summed E-state index contributed by atoms with van der Waals surface area (Å²) in [6.45, 7) is 6.68. The fourth-order valence-corrected chi connectivity index (χ4v) is 3.25. The number of halogens is 2. The van der Waals surface area contributed by atoms with E-state index in [1.807, 2.05) is 12.1 Å². The van der Waals surface area contributed by atoms with Crippen LogP contribution in [0.4, 0.5) is 0 Å². The molecule has 21 heavy (non-hydrogen) atoms. The lowest BCUT2D eigenvalue weighted by molar-refractivity contribution is 0.410. The molecule has 3 heteroatoms. The summed E-state index contributed by atoms with van der Waals surface area (Å²) in [6, 6.07) is 14.9. The van der Waals surface area contributed by atoms with Crippen LogP contribution in [0.3, 0.4) is 0 Å². The van der Waals surface area contributed by atoms with E-state index in [-0.39, 0.29) is 10.2 Å². The van der Waals surface area contributed by atoms with Crippen molar-refractivity contribution in [2.45, 2.75) is 31.0 Å². The maximum atomic E-state index is 5.49. The number of hydrogen-bond donors (Lipinski definition) is 0. The summed E-state index contributed by atoms with van der Waals surface area (Å²) in [5, 5.41) is 0. The predicted molar refractivity (Wildman–Crippen MR) is 96.6 cm³/mol. The molecule has 1 unspecified atom stereocenters. The molecule has 0 radical (unpaired) electrons. The summed E-state index contributed by atoms with van der Waals surface area (Å²) in [7, 11) is 1.70. The van der Waals surface area contributed by atoms with Gasteiger partial charge in [0.25, 0.3) is 0 Å². The molecule has 2 aromatic rings. The van der Waals surface area contributed by atoms with E-state index < -0.39 is 0 Å². The molecule has 0 aliphatic carbocycles. The summed E-state index contributed by atoms with van der Waals surface area (Å²) in [5.41, 5.74) is 3.87. The zero-order valence-corrected chi connectivity index (χ0v) is 16.0. The van der Waals surface area contributed by atoms with E-state index in [4.69, 9.17) is 4.74 Å². The fraction of sp³-hybridized carbons (Fsp3) is 0.333. The van der Waals surface area contributed by atoms with E-state index in [2.05, 4.69) is 83.0 Å². The Balaban J connectivity index is 2.34. The van der Waals surface area contributed by atoms with Gasteiger partial charge in [-0.3, -0.25) is 0 Å². The van der Waals surface area contributed by atoms with Crippen LogP contribution in [-0.2, 0) is 5.41 Å². The topological polar surface area (TPSA) is 9.23 Å². The van der Waals surface area contributed by atoms with Crippen molar-refractivity contribution < 1.29 is 4.74 Å². The van der Waals surface area contributed by atoms with E-state index in [1.54, 1.807) is 7.11 Å². The Morgan fingerprint density at radius 3 is 2.14 bits per heavy atom. The van der Waals surface area contributed by atoms with Crippen molar-refractivity contribution in [1.29, 1.82) is 0 Å². The van der Waals surface area contributed by atoms with Gasteiger partial charge in [-0.15, -0.1) is 0 Å². The summed E-state index contributed by atoms with van der Waals surface area (Å²) < 4.78 is 6.51. The summed E-state index contributed by atoms with van der Waals surface area (Å²) in [5.74, 6) is 0.881. The van der Waals surface area contributed by atoms with Gasteiger partial charge in [0.2, 0.25) is 0 Å². The fourth-order valence-electron chi connectivity index (χ4n) is 2.23. The van der Waals surface area contributed by atoms with Gasteiger partial charge in [-0.1, -0.05) is 83.0 Å². The molecule has 0 amide bonds. The van der Waals surface area contributed by atoms with Crippen molar-refractivity contribution in [2.75, 3.05) is 7.11 Å². The SMILES string of the molecule is COc1cc(Br)ccc1C(Br)c1ccc(C(C)(C)C)cc1. The molecule has 0 spiro atoms. The molecule has 0 aliphatic rings. The second-order valence-corrected chi connectivity index (χ2v) is 7.95. The van der Waals surface area contributed by atoms with E-state index in [0.717, 1.165) is 15.8 Å². The number of hydrogen-bond acceptors (Lipinski definition) is 1. The summed E-state index contributed by atoms with van der Waals surface area (Å²) >= 11 is 7.27. The van der Waals surface area contributed by atoms with Crippen molar-refractivity contribution in [2.24, 2.45) is 0 Å². The zero-order chi connectivity index (χ0) is 15.6. The van der Waals surface area contributed by atoms with Crippen molar-refractivity contribution in [3.8, 4) is 5.75 Å². The molecule has 112 valence electrons. The van der Waals surface area contributed by atoms with Crippen molar-refractivity contribution in [3.63, 3.8) is 0 Å². The van der Waals surface area contributed by atoms with Crippen LogP contribution in [0.15, 0.2) is 46.9 Å². The second kappa shape index (κ2) is 6.53. The molecule has 0 N–H and O–H groups in total. The molecule has 0 saturated carbocycles. The molecule has 0 aliphatic heterocycles. The van der Waals surface area contributed by atoms with Gasteiger partial charge in [0.1, 0.15) is 5.75 Å². The lowest BCUT2D eigenvalue weighted by atomic mass is 9.86. The highest BCUT2D eigenvalue weighted by atomic mass is 79.9. The first-order valence-electron chi connectivity index (χ1n) is 6.91. The Bertz CT molecular complexity index is 612. The number of rotatable bonds is 3. The van der Waals surface area contributed by atoms with Crippen molar-refractivity contribution >= 4 is 31.9 Å². The predicted octanol–water partition coefficient (Wildman–Crippen LogP) is 6.24. The van der Waals surface area contributed by atoms with Gasteiger partial charge in [-0.05, 0) is 28.7 Å². The lowest BCUT2D eigenvalue weighted by Gasteiger charge is -2.20. The third kappa shape index (κ3) is 3.89. The van der Waals surface area contributed by atoms with Gasteiger partial charge in [0, 0.05) is 10.0 Å². The molecular formula is C18H20Br2O. The number of benzene rings is 2. The quantitative estimate of drug-likeness (QED) is 0.543. The first kappa shape index (κ1) is 16.6. The van der Waals surface area contributed by atoms with Crippen LogP contribution in [-0.4, -0.2) is 7.11 Å². The first-order valence-corrected chi connectivity index (χ1v) is 8.61. The Kier molecular flexibility index (Phi) is 5.15. The number of alkyl halides is 1. The maximum absolute atomic E-state index is 5.49. The zero-order valence-electron chi connectivity index (χ0n) is 12.8. The van der Waals surface area contributed by atoms with Crippen LogP contribution in [0.25, 0.3) is 0 Å². The van der Waals surface area contributed by atoms with Crippen LogP contribution >= 0.6 is 31.9 Å². The standard InChI is InChI=1S/C18H20Br2O/c1-18(2,3)13-7-5-12(6-8-13)17(20)15-10-9-14(19)11-16(15)21-4/h5-11,17H,1-4H3. The van der Waals surface area contributed by atoms with Crippen LogP contribution in [0, 0.1) is 0 Å². The van der Waals surface area contributed by atoms with Crippen LogP contribution < -0.4 is 4.74 Å². The summed E-state index contributed by atoms with van der Waals surface area (Å²) in [4.78, 5) is 0.120. The smallest absolute Gasteiger partial charge is 0.124 e. The van der Waals surface area contributed by atoms with Crippen molar-refractivity contribution in [3.05, 3.63) is 63.6 Å². The molecule has 2 aromatic carbocycles. The van der Waals surface area contributed by atoms with Gasteiger partial charge < -0.3 is 4.74 Å². The van der Waals surface area contributed by atoms with Gasteiger partial charge in [0.15, 0.2) is 0 Å². The Hall–Kier alpha value is -0.800. The highest BCUT2D eigenvalue weighted by Crippen LogP contribution is 2.38.